The van der Waals surface area contributed by atoms with Gasteiger partial charge in [-0.1, -0.05) is 42.1 Å². The first-order chi connectivity index (χ1) is 11.6. The van der Waals surface area contributed by atoms with Crippen LogP contribution >= 0.6 is 11.8 Å². The van der Waals surface area contributed by atoms with Gasteiger partial charge in [-0.25, -0.2) is 0 Å². The van der Waals surface area contributed by atoms with Gasteiger partial charge in [0.1, 0.15) is 18.5 Å². The molecule has 0 radical (unpaired) electrons. The molecule has 2 aromatic rings. The standard InChI is InChI=1S/C18H21NO4S/c1-13(20)24-8-7-17(21)18(22)15-9-16(11-19-10-15)23-12-14-5-3-2-4-6-14/h2-6,9-11,17-18,21-22H,7-8,12H2,1H3. The summed E-state index contributed by atoms with van der Waals surface area (Å²) in [5, 5.41) is 20.3. The van der Waals surface area contributed by atoms with Gasteiger partial charge in [0.15, 0.2) is 5.12 Å². The minimum atomic E-state index is -1.06. The number of hydrogen-bond donors (Lipinski definition) is 2. The topological polar surface area (TPSA) is 79.7 Å². The van der Waals surface area contributed by atoms with Gasteiger partial charge < -0.3 is 14.9 Å². The van der Waals surface area contributed by atoms with Crippen LogP contribution in [0.2, 0.25) is 0 Å². The summed E-state index contributed by atoms with van der Waals surface area (Å²) >= 11 is 1.13. The fourth-order valence-corrected chi connectivity index (χ4v) is 2.77. The minimum Gasteiger partial charge on any atom is -0.487 e. The Hall–Kier alpha value is -1.89. The lowest BCUT2D eigenvalue weighted by molar-refractivity contribution is -0.109. The number of ether oxygens (including phenoxy) is 1. The summed E-state index contributed by atoms with van der Waals surface area (Å²) < 4.78 is 5.67. The smallest absolute Gasteiger partial charge is 0.185 e. The van der Waals surface area contributed by atoms with Crippen molar-refractivity contribution >= 4 is 16.9 Å². The van der Waals surface area contributed by atoms with E-state index in [1.165, 1.54) is 13.1 Å². The molecule has 0 aliphatic carbocycles. The number of hydrogen-bond acceptors (Lipinski definition) is 6. The largest absolute Gasteiger partial charge is 0.487 e. The molecule has 2 N–H and O–H groups in total. The number of carbonyl (C=O) groups excluding carboxylic acids is 1. The lowest BCUT2D eigenvalue weighted by Gasteiger charge is -2.18. The normalized spacial score (nSPS) is 13.3. The van der Waals surface area contributed by atoms with E-state index in [0.717, 1.165) is 17.3 Å². The molecule has 128 valence electrons. The van der Waals surface area contributed by atoms with Crippen molar-refractivity contribution < 1.29 is 19.7 Å². The van der Waals surface area contributed by atoms with Gasteiger partial charge in [0, 0.05) is 24.4 Å². The zero-order chi connectivity index (χ0) is 17.4. The molecule has 6 heteroatoms. The molecule has 2 unspecified atom stereocenters. The number of carbonyl (C=O) groups is 1. The number of thioether (sulfide) groups is 1. The van der Waals surface area contributed by atoms with Crippen LogP contribution in [0, 0.1) is 0 Å². The Bertz CT molecular complexity index is 650. The molecule has 2 atom stereocenters. The molecule has 0 amide bonds. The van der Waals surface area contributed by atoms with Crippen LogP contribution in [0.15, 0.2) is 48.8 Å². The number of benzene rings is 1. The molecule has 0 bridgehead atoms. The van der Waals surface area contributed by atoms with Crippen molar-refractivity contribution in [2.45, 2.75) is 32.2 Å². The number of aromatic nitrogens is 1. The average molecular weight is 347 g/mol. The molecule has 1 aromatic carbocycles. The highest BCUT2D eigenvalue weighted by Crippen LogP contribution is 2.23. The third kappa shape index (κ3) is 5.96. The van der Waals surface area contributed by atoms with E-state index in [-0.39, 0.29) is 5.12 Å². The Morgan fingerprint density at radius 2 is 2.00 bits per heavy atom. The average Bonchev–Trinajstić information content (AvgIpc) is 2.60. The molecule has 0 aliphatic rings. The van der Waals surface area contributed by atoms with Crippen LogP contribution in [-0.4, -0.2) is 32.2 Å². The minimum absolute atomic E-state index is 0.00494. The van der Waals surface area contributed by atoms with E-state index < -0.39 is 12.2 Å². The maximum atomic E-state index is 10.9. The van der Waals surface area contributed by atoms with Crippen molar-refractivity contribution in [2.24, 2.45) is 0 Å². The van der Waals surface area contributed by atoms with Gasteiger partial charge in [-0.15, -0.1) is 0 Å². The number of rotatable bonds is 8. The van der Waals surface area contributed by atoms with Gasteiger partial charge in [0.05, 0.1) is 12.3 Å². The first-order valence-electron chi connectivity index (χ1n) is 7.67. The van der Waals surface area contributed by atoms with Gasteiger partial charge >= 0.3 is 0 Å². The molecule has 1 aromatic heterocycles. The first kappa shape index (κ1) is 18.4. The van der Waals surface area contributed by atoms with Crippen LogP contribution in [-0.2, 0) is 11.4 Å². The highest BCUT2D eigenvalue weighted by atomic mass is 32.2. The van der Waals surface area contributed by atoms with Crippen molar-refractivity contribution in [3.8, 4) is 5.75 Å². The van der Waals surface area contributed by atoms with Crippen molar-refractivity contribution in [3.63, 3.8) is 0 Å². The summed E-state index contributed by atoms with van der Waals surface area (Å²) in [6.45, 7) is 1.88. The van der Waals surface area contributed by atoms with Crippen LogP contribution in [0.5, 0.6) is 5.75 Å². The maximum absolute atomic E-state index is 10.9. The Morgan fingerprint density at radius 1 is 1.25 bits per heavy atom. The van der Waals surface area contributed by atoms with Crippen LogP contribution in [0.1, 0.15) is 30.6 Å². The fraction of sp³-hybridized carbons (Fsp3) is 0.333. The predicted molar refractivity (Wildman–Crippen MR) is 93.7 cm³/mol. The summed E-state index contributed by atoms with van der Waals surface area (Å²) in [7, 11) is 0. The third-order valence-electron chi connectivity index (χ3n) is 3.41. The molecule has 0 aliphatic heterocycles. The molecule has 1 heterocycles. The van der Waals surface area contributed by atoms with E-state index >= 15 is 0 Å². The predicted octanol–water partition coefficient (Wildman–Crippen LogP) is 2.72. The van der Waals surface area contributed by atoms with E-state index in [2.05, 4.69) is 4.98 Å². The highest BCUT2D eigenvalue weighted by molar-refractivity contribution is 8.13. The molecule has 0 saturated carbocycles. The lowest BCUT2D eigenvalue weighted by Crippen LogP contribution is -2.19. The first-order valence-corrected chi connectivity index (χ1v) is 8.66. The second-order valence-corrected chi connectivity index (χ2v) is 6.64. The van der Waals surface area contributed by atoms with Crippen molar-refractivity contribution in [3.05, 3.63) is 59.9 Å². The third-order valence-corrected chi connectivity index (χ3v) is 4.25. The van der Waals surface area contributed by atoms with Gasteiger partial charge in [-0.05, 0) is 18.1 Å². The van der Waals surface area contributed by atoms with Gasteiger partial charge in [-0.3, -0.25) is 9.78 Å². The van der Waals surface area contributed by atoms with E-state index in [9.17, 15) is 15.0 Å². The van der Waals surface area contributed by atoms with E-state index in [1.54, 1.807) is 12.3 Å². The fourth-order valence-electron chi connectivity index (χ4n) is 2.12. The summed E-state index contributed by atoms with van der Waals surface area (Å²) in [6.07, 6.45) is 1.37. The highest BCUT2D eigenvalue weighted by Gasteiger charge is 2.19. The summed E-state index contributed by atoms with van der Waals surface area (Å²) in [4.78, 5) is 14.9. The second kappa shape index (κ2) is 9.42. The van der Waals surface area contributed by atoms with E-state index in [1.807, 2.05) is 30.3 Å². The van der Waals surface area contributed by atoms with Crippen molar-refractivity contribution in [2.75, 3.05) is 5.75 Å². The number of aliphatic hydroxyl groups excluding tert-OH is 2. The van der Waals surface area contributed by atoms with Crippen molar-refractivity contribution in [1.29, 1.82) is 0 Å². The summed E-state index contributed by atoms with van der Waals surface area (Å²) in [5.41, 5.74) is 1.52. The molecule has 24 heavy (non-hydrogen) atoms. The Morgan fingerprint density at radius 3 is 2.71 bits per heavy atom. The maximum Gasteiger partial charge on any atom is 0.185 e. The molecule has 2 rings (SSSR count). The van der Waals surface area contributed by atoms with Crippen molar-refractivity contribution in [1.82, 2.24) is 4.98 Å². The zero-order valence-corrected chi connectivity index (χ0v) is 14.3. The molecule has 0 saturated heterocycles. The van der Waals surface area contributed by atoms with Crippen LogP contribution < -0.4 is 4.74 Å². The number of aliphatic hydroxyl groups is 2. The van der Waals surface area contributed by atoms with Crippen LogP contribution in [0.3, 0.4) is 0 Å². The summed E-state index contributed by atoms with van der Waals surface area (Å²) in [6, 6.07) is 11.4. The molecular weight excluding hydrogens is 326 g/mol. The Labute approximate surface area is 145 Å². The van der Waals surface area contributed by atoms with Gasteiger partial charge in [-0.2, -0.15) is 0 Å². The van der Waals surface area contributed by atoms with Gasteiger partial charge in [0.2, 0.25) is 0 Å². The molecule has 0 fully saturated rings. The monoisotopic (exact) mass is 347 g/mol. The number of nitrogens with zero attached hydrogens (tertiary/aromatic N) is 1. The zero-order valence-electron chi connectivity index (χ0n) is 13.5. The Balaban J connectivity index is 1.92. The lowest BCUT2D eigenvalue weighted by atomic mass is 10.0. The van der Waals surface area contributed by atoms with E-state index in [4.69, 9.17) is 4.74 Å². The molecule has 5 nitrogen and oxygen atoms in total. The van der Waals surface area contributed by atoms with Crippen LogP contribution in [0.25, 0.3) is 0 Å². The SMILES string of the molecule is CC(=O)SCCC(O)C(O)c1cncc(OCc2ccccc2)c1. The summed E-state index contributed by atoms with van der Waals surface area (Å²) in [5.74, 6) is 0.992. The molecule has 0 spiro atoms. The van der Waals surface area contributed by atoms with Crippen LogP contribution in [0.4, 0.5) is 0 Å². The Kier molecular flexibility index (Phi) is 7.24. The molecular formula is C18H21NO4S. The second-order valence-electron chi connectivity index (χ2n) is 5.37. The number of pyridine rings is 1. The van der Waals surface area contributed by atoms with Gasteiger partial charge in [0.25, 0.3) is 0 Å². The quantitative estimate of drug-likeness (QED) is 0.764. The van der Waals surface area contributed by atoms with E-state index in [0.29, 0.717) is 30.1 Å².